The zero-order valence-electron chi connectivity index (χ0n) is 8.50. The molecule has 16 heavy (non-hydrogen) atoms. The van der Waals surface area contributed by atoms with Crippen molar-refractivity contribution in [2.24, 2.45) is 0 Å². The molecular weight excluding hydrogens is 311 g/mol. The molecular formula is C9H9Cl3O2S2. The normalized spacial score (nSPS) is 12.8. The summed E-state index contributed by atoms with van der Waals surface area (Å²) < 4.78 is 22.0. The minimum absolute atomic E-state index is 0.0724. The monoisotopic (exact) mass is 318 g/mol. The minimum Gasteiger partial charge on any atom is -0.220 e. The lowest BCUT2D eigenvalue weighted by Gasteiger charge is -2.16. The number of rotatable bonds is 3. The molecule has 0 saturated heterocycles. The SMILES string of the molecule is Cc1cc(C)cc(S(=O)(=O)C(Cl)(Cl)SCl)c1. The van der Waals surface area contributed by atoms with Crippen LogP contribution in [0.4, 0.5) is 0 Å². The maximum absolute atomic E-state index is 12.0. The van der Waals surface area contributed by atoms with Gasteiger partial charge in [0.1, 0.15) is 0 Å². The average Bonchev–Trinajstić information content (AvgIpc) is 2.16. The second kappa shape index (κ2) is 4.94. The molecule has 1 aromatic rings. The molecule has 1 aromatic carbocycles. The fourth-order valence-electron chi connectivity index (χ4n) is 1.27. The van der Waals surface area contributed by atoms with E-state index in [0.29, 0.717) is 11.0 Å². The Kier molecular flexibility index (Phi) is 4.46. The van der Waals surface area contributed by atoms with Crippen LogP contribution in [0.25, 0.3) is 0 Å². The van der Waals surface area contributed by atoms with Gasteiger partial charge in [-0.2, -0.15) is 0 Å². The minimum atomic E-state index is -3.87. The van der Waals surface area contributed by atoms with E-state index in [1.165, 1.54) is 12.1 Å². The van der Waals surface area contributed by atoms with Gasteiger partial charge in [0.2, 0.25) is 9.84 Å². The fraction of sp³-hybridized carbons (Fsp3) is 0.333. The highest BCUT2D eigenvalue weighted by Crippen LogP contribution is 2.45. The van der Waals surface area contributed by atoms with Gasteiger partial charge >= 0.3 is 0 Å². The Bertz CT molecular complexity index is 477. The number of aryl methyl sites for hydroxylation is 2. The highest BCUT2D eigenvalue weighted by atomic mass is 35.7. The molecule has 0 N–H and O–H groups in total. The van der Waals surface area contributed by atoms with E-state index in [0.717, 1.165) is 11.1 Å². The zero-order valence-corrected chi connectivity index (χ0v) is 12.4. The smallest absolute Gasteiger partial charge is 0.220 e. The van der Waals surface area contributed by atoms with Gasteiger partial charge in [0.15, 0.2) is 0 Å². The Balaban J connectivity index is 3.39. The third kappa shape index (κ3) is 2.79. The van der Waals surface area contributed by atoms with Crippen LogP contribution in [-0.2, 0) is 9.84 Å². The third-order valence-electron chi connectivity index (χ3n) is 1.91. The summed E-state index contributed by atoms with van der Waals surface area (Å²) >= 11 is 11.3. The van der Waals surface area contributed by atoms with Crippen molar-refractivity contribution in [1.82, 2.24) is 0 Å². The first-order valence-electron chi connectivity index (χ1n) is 4.21. The van der Waals surface area contributed by atoms with Crippen molar-refractivity contribution in [3.63, 3.8) is 0 Å². The molecule has 7 heteroatoms. The van der Waals surface area contributed by atoms with Gasteiger partial charge in [0, 0.05) is 11.0 Å². The van der Waals surface area contributed by atoms with Crippen LogP contribution >= 0.6 is 44.9 Å². The molecule has 0 amide bonds. The van der Waals surface area contributed by atoms with Gasteiger partial charge < -0.3 is 0 Å². The first-order chi connectivity index (χ1) is 7.20. The lowest BCUT2D eigenvalue weighted by atomic mass is 10.2. The summed E-state index contributed by atoms with van der Waals surface area (Å²) in [4.78, 5) is 0.0724. The van der Waals surface area contributed by atoms with E-state index in [1.54, 1.807) is 13.8 Å². The highest BCUT2D eigenvalue weighted by Gasteiger charge is 2.42. The van der Waals surface area contributed by atoms with Crippen LogP contribution in [-0.4, -0.2) is 11.4 Å². The number of hydrogen-bond acceptors (Lipinski definition) is 3. The van der Waals surface area contributed by atoms with Crippen LogP contribution in [0.5, 0.6) is 0 Å². The highest BCUT2D eigenvalue weighted by molar-refractivity contribution is 8.31. The van der Waals surface area contributed by atoms with Crippen molar-refractivity contribution in [3.8, 4) is 0 Å². The average molecular weight is 320 g/mol. The van der Waals surface area contributed by atoms with Gasteiger partial charge in [-0.3, -0.25) is 0 Å². The summed E-state index contributed by atoms with van der Waals surface area (Å²) in [6.45, 7) is 3.59. The molecule has 0 bridgehead atoms. The van der Waals surface area contributed by atoms with E-state index in [9.17, 15) is 8.42 Å². The van der Waals surface area contributed by atoms with Crippen molar-refractivity contribution < 1.29 is 8.42 Å². The molecule has 0 fully saturated rings. The van der Waals surface area contributed by atoms with Gasteiger partial charge in [-0.1, -0.05) is 29.3 Å². The van der Waals surface area contributed by atoms with Crippen LogP contribution in [0.1, 0.15) is 11.1 Å². The second-order valence-corrected chi connectivity index (χ2v) is 9.17. The quantitative estimate of drug-likeness (QED) is 0.788. The Morgan fingerprint density at radius 3 is 1.94 bits per heavy atom. The standard InChI is InChI=1S/C9H9Cl3O2S2/c1-6-3-7(2)5-8(4-6)16(13,14)9(10,11)15-12/h3-5H,1-2H3. The Morgan fingerprint density at radius 2 is 1.56 bits per heavy atom. The maximum Gasteiger partial charge on any atom is 0.282 e. The van der Waals surface area contributed by atoms with E-state index < -0.39 is 12.8 Å². The van der Waals surface area contributed by atoms with E-state index in [2.05, 4.69) is 0 Å². The Hall–Kier alpha value is 0.390. The maximum atomic E-state index is 12.0. The molecule has 0 unspecified atom stereocenters. The van der Waals surface area contributed by atoms with E-state index in [-0.39, 0.29) is 4.90 Å². The largest absolute Gasteiger partial charge is 0.282 e. The summed E-state index contributed by atoms with van der Waals surface area (Å²) in [5, 5.41) is 0. The molecule has 0 atom stereocenters. The predicted molar refractivity (Wildman–Crippen MR) is 71.0 cm³/mol. The summed E-state index contributed by atoms with van der Waals surface area (Å²) in [5.41, 5.74) is 1.64. The van der Waals surface area contributed by atoms with E-state index >= 15 is 0 Å². The third-order valence-corrected chi connectivity index (χ3v) is 7.60. The summed E-state index contributed by atoms with van der Waals surface area (Å²) in [5.74, 6) is 0. The van der Waals surface area contributed by atoms with Crippen LogP contribution in [0, 0.1) is 13.8 Å². The van der Waals surface area contributed by atoms with E-state index in [1.807, 2.05) is 6.07 Å². The Labute approximate surface area is 114 Å². The zero-order chi connectivity index (χ0) is 12.6. The molecule has 1 rings (SSSR count). The summed E-state index contributed by atoms with van der Waals surface area (Å²) in [7, 11) is 1.86. The first kappa shape index (κ1) is 14.5. The number of hydrogen-bond donors (Lipinski definition) is 0. The van der Waals surface area contributed by atoms with Crippen LogP contribution < -0.4 is 0 Å². The van der Waals surface area contributed by atoms with E-state index in [4.69, 9.17) is 33.9 Å². The van der Waals surface area contributed by atoms with Gasteiger partial charge in [-0.05, 0) is 47.8 Å². The van der Waals surface area contributed by atoms with Crippen molar-refractivity contribution in [2.45, 2.75) is 21.7 Å². The Morgan fingerprint density at radius 1 is 1.12 bits per heavy atom. The molecule has 0 heterocycles. The number of sulfone groups is 1. The number of benzene rings is 1. The van der Waals surface area contributed by atoms with Crippen LogP contribution in [0.2, 0.25) is 0 Å². The molecule has 0 aromatic heterocycles. The number of alkyl halides is 2. The lowest BCUT2D eigenvalue weighted by Crippen LogP contribution is -2.21. The van der Waals surface area contributed by atoms with Crippen molar-refractivity contribution in [2.75, 3.05) is 0 Å². The molecule has 0 aliphatic carbocycles. The van der Waals surface area contributed by atoms with Crippen LogP contribution in [0.15, 0.2) is 23.1 Å². The second-order valence-electron chi connectivity index (χ2n) is 3.37. The van der Waals surface area contributed by atoms with Crippen molar-refractivity contribution in [3.05, 3.63) is 29.3 Å². The van der Waals surface area contributed by atoms with Gasteiger partial charge in [0.25, 0.3) is 3.00 Å². The topological polar surface area (TPSA) is 34.1 Å². The van der Waals surface area contributed by atoms with Crippen LogP contribution in [0.3, 0.4) is 0 Å². The molecule has 90 valence electrons. The molecule has 2 nitrogen and oxygen atoms in total. The van der Waals surface area contributed by atoms with Gasteiger partial charge in [-0.25, -0.2) is 8.42 Å². The fourth-order valence-corrected chi connectivity index (χ4v) is 4.12. The number of halogens is 3. The van der Waals surface area contributed by atoms with Crippen molar-refractivity contribution >= 4 is 54.7 Å². The molecule has 0 aliphatic rings. The molecule has 0 spiro atoms. The lowest BCUT2D eigenvalue weighted by molar-refractivity contribution is 0.597. The summed E-state index contributed by atoms with van der Waals surface area (Å²) in [6.07, 6.45) is 0. The summed E-state index contributed by atoms with van der Waals surface area (Å²) in [6, 6.07) is 4.88. The van der Waals surface area contributed by atoms with Gasteiger partial charge in [0.05, 0.1) is 4.90 Å². The first-order valence-corrected chi connectivity index (χ1v) is 8.09. The molecule has 0 aliphatic heterocycles. The molecule has 0 saturated carbocycles. The molecule has 0 radical (unpaired) electrons. The van der Waals surface area contributed by atoms with Gasteiger partial charge in [-0.15, -0.1) is 0 Å². The van der Waals surface area contributed by atoms with Crippen molar-refractivity contribution in [1.29, 1.82) is 0 Å². The predicted octanol–water partition coefficient (Wildman–Crippen LogP) is 4.05.